The van der Waals surface area contributed by atoms with E-state index in [4.69, 9.17) is 10.7 Å². The Morgan fingerprint density at radius 1 is 1.16 bits per heavy atom. The van der Waals surface area contributed by atoms with E-state index in [9.17, 15) is 4.79 Å². The van der Waals surface area contributed by atoms with Crippen molar-refractivity contribution in [1.29, 1.82) is 0 Å². The van der Waals surface area contributed by atoms with Crippen molar-refractivity contribution in [3.8, 4) is 11.3 Å². The van der Waals surface area contributed by atoms with Gasteiger partial charge < -0.3 is 10.6 Å². The maximum absolute atomic E-state index is 12.3. The van der Waals surface area contributed by atoms with Crippen molar-refractivity contribution in [2.75, 3.05) is 18.8 Å². The average Bonchev–Trinajstić information content (AvgIpc) is 3.25. The van der Waals surface area contributed by atoms with Gasteiger partial charge in [0, 0.05) is 31.3 Å². The summed E-state index contributed by atoms with van der Waals surface area (Å²) in [5.41, 5.74) is 11.7. The van der Waals surface area contributed by atoms with Crippen molar-refractivity contribution in [2.24, 2.45) is 0 Å². The molecule has 0 unspecified atom stereocenters. The van der Waals surface area contributed by atoms with E-state index in [2.05, 4.69) is 20.3 Å². The highest BCUT2D eigenvalue weighted by molar-refractivity contribution is 5.99. The molecule has 0 atom stereocenters. The summed E-state index contributed by atoms with van der Waals surface area (Å²) < 4.78 is 1.98. The number of piperidine rings is 1. The van der Waals surface area contributed by atoms with Crippen LogP contribution in [0.4, 0.5) is 5.82 Å². The monoisotopic (exact) mass is 430 g/mol. The largest absolute Gasteiger partial charge is 0.383 e. The van der Waals surface area contributed by atoms with Crippen LogP contribution in [-0.4, -0.2) is 53.8 Å². The molecule has 1 saturated heterocycles. The molecule has 0 aliphatic carbocycles. The summed E-state index contributed by atoms with van der Waals surface area (Å²) in [5, 5.41) is 8.81. The Hall–Kier alpha value is -3.62. The van der Waals surface area contributed by atoms with Crippen molar-refractivity contribution >= 4 is 33.8 Å². The molecular formula is C23H26N8O. The van der Waals surface area contributed by atoms with E-state index in [1.807, 2.05) is 41.6 Å². The number of nitrogens with zero attached hydrogens (tertiary/aromatic N) is 7. The molecule has 5 rings (SSSR count). The Labute approximate surface area is 185 Å². The van der Waals surface area contributed by atoms with Crippen LogP contribution in [0.5, 0.6) is 0 Å². The highest BCUT2D eigenvalue weighted by atomic mass is 16.2. The fourth-order valence-electron chi connectivity index (χ4n) is 4.36. The Balaban J connectivity index is 1.53. The molecule has 32 heavy (non-hydrogen) atoms. The molecule has 1 aliphatic heterocycles. The second-order valence-corrected chi connectivity index (χ2v) is 8.38. The SMILES string of the molecule is CCCC(=O)N1CCC(n2nnc3cnc4ccc(-c5cnc(N)c(C)c5)nc4c32)CC1. The van der Waals surface area contributed by atoms with Gasteiger partial charge in [-0.1, -0.05) is 12.1 Å². The zero-order valence-corrected chi connectivity index (χ0v) is 18.3. The van der Waals surface area contributed by atoms with Gasteiger partial charge in [0.25, 0.3) is 0 Å². The van der Waals surface area contributed by atoms with Crippen molar-refractivity contribution in [3.05, 3.63) is 36.2 Å². The van der Waals surface area contributed by atoms with E-state index < -0.39 is 0 Å². The van der Waals surface area contributed by atoms with Crippen molar-refractivity contribution < 1.29 is 4.79 Å². The minimum Gasteiger partial charge on any atom is -0.383 e. The van der Waals surface area contributed by atoms with Crippen LogP contribution in [0.2, 0.25) is 0 Å². The summed E-state index contributed by atoms with van der Waals surface area (Å²) in [6.07, 6.45) is 6.67. The van der Waals surface area contributed by atoms with Gasteiger partial charge in [-0.05, 0) is 49.9 Å². The van der Waals surface area contributed by atoms with E-state index in [0.29, 0.717) is 12.2 Å². The number of nitrogen functional groups attached to an aromatic ring is 1. The van der Waals surface area contributed by atoms with Gasteiger partial charge in [0.05, 0.1) is 23.4 Å². The third-order valence-electron chi connectivity index (χ3n) is 6.19. The second-order valence-electron chi connectivity index (χ2n) is 8.38. The van der Waals surface area contributed by atoms with Crippen LogP contribution in [-0.2, 0) is 4.79 Å². The molecule has 9 heteroatoms. The lowest BCUT2D eigenvalue weighted by atomic mass is 10.0. The molecule has 4 aromatic rings. The van der Waals surface area contributed by atoms with Gasteiger partial charge in [0.1, 0.15) is 22.4 Å². The summed E-state index contributed by atoms with van der Waals surface area (Å²) >= 11 is 0. The Kier molecular flexibility index (Phi) is 5.16. The summed E-state index contributed by atoms with van der Waals surface area (Å²) in [7, 11) is 0. The number of hydrogen-bond acceptors (Lipinski definition) is 7. The molecule has 1 amide bonds. The number of hydrogen-bond donors (Lipinski definition) is 1. The fourth-order valence-corrected chi connectivity index (χ4v) is 4.36. The molecule has 164 valence electrons. The normalized spacial score (nSPS) is 15.0. The number of anilines is 1. The van der Waals surface area contributed by atoms with Crippen LogP contribution < -0.4 is 5.73 Å². The number of carbonyl (C=O) groups is 1. The lowest BCUT2D eigenvalue weighted by Crippen LogP contribution is -2.39. The highest BCUT2D eigenvalue weighted by Gasteiger charge is 2.26. The molecule has 0 spiro atoms. The number of aryl methyl sites for hydroxylation is 1. The molecule has 4 aromatic heterocycles. The first-order valence-corrected chi connectivity index (χ1v) is 11.1. The predicted molar refractivity (Wildman–Crippen MR) is 123 cm³/mol. The van der Waals surface area contributed by atoms with Crippen LogP contribution >= 0.6 is 0 Å². The van der Waals surface area contributed by atoms with E-state index in [-0.39, 0.29) is 11.9 Å². The molecule has 5 heterocycles. The van der Waals surface area contributed by atoms with Gasteiger partial charge in [-0.3, -0.25) is 9.78 Å². The first-order valence-electron chi connectivity index (χ1n) is 11.1. The molecule has 0 radical (unpaired) electrons. The van der Waals surface area contributed by atoms with Crippen LogP contribution in [0.3, 0.4) is 0 Å². The van der Waals surface area contributed by atoms with Gasteiger partial charge in [-0.15, -0.1) is 5.10 Å². The van der Waals surface area contributed by atoms with E-state index in [1.165, 1.54) is 0 Å². The molecule has 1 fully saturated rings. The topological polar surface area (TPSA) is 116 Å². The molecule has 0 bridgehead atoms. The van der Waals surface area contributed by atoms with Gasteiger partial charge >= 0.3 is 0 Å². The first-order chi connectivity index (χ1) is 15.5. The number of amides is 1. The number of fused-ring (bicyclic) bond motifs is 3. The van der Waals surface area contributed by atoms with Crippen LogP contribution in [0.1, 0.15) is 44.2 Å². The molecule has 2 N–H and O–H groups in total. The maximum atomic E-state index is 12.3. The summed E-state index contributed by atoms with van der Waals surface area (Å²) in [4.78, 5) is 27.9. The smallest absolute Gasteiger partial charge is 0.222 e. The second kappa shape index (κ2) is 8.14. The predicted octanol–water partition coefficient (Wildman–Crippen LogP) is 3.29. The summed E-state index contributed by atoms with van der Waals surface area (Å²) in [6, 6.07) is 6.07. The Bertz CT molecular complexity index is 1310. The highest BCUT2D eigenvalue weighted by Crippen LogP contribution is 2.30. The molecule has 1 aliphatic rings. The lowest BCUT2D eigenvalue weighted by molar-refractivity contribution is -0.132. The van der Waals surface area contributed by atoms with E-state index in [0.717, 1.165) is 71.2 Å². The van der Waals surface area contributed by atoms with E-state index >= 15 is 0 Å². The number of likely N-dealkylation sites (tertiary alicyclic amines) is 1. The Morgan fingerprint density at radius 2 is 1.97 bits per heavy atom. The zero-order valence-electron chi connectivity index (χ0n) is 18.3. The fraction of sp³-hybridized carbons (Fsp3) is 0.391. The molecule has 0 saturated carbocycles. The number of nitrogens with two attached hydrogens (primary N) is 1. The van der Waals surface area contributed by atoms with Crippen LogP contribution in [0.15, 0.2) is 30.6 Å². The third-order valence-corrected chi connectivity index (χ3v) is 6.19. The number of pyridine rings is 3. The van der Waals surface area contributed by atoms with Crippen molar-refractivity contribution in [1.82, 2.24) is 34.8 Å². The van der Waals surface area contributed by atoms with Crippen molar-refractivity contribution in [3.63, 3.8) is 0 Å². The zero-order chi connectivity index (χ0) is 22.2. The number of aromatic nitrogens is 6. The van der Waals surface area contributed by atoms with Gasteiger partial charge in [-0.2, -0.15) is 0 Å². The molecule has 9 nitrogen and oxygen atoms in total. The average molecular weight is 431 g/mol. The number of rotatable bonds is 4. The van der Waals surface area contributed by atoms with Gasteiger partial charge in [0.2, 0.25) is 5.91 Å². The summed E-state index contributed by atoms with van der Waals surface area (Å²) in [5.74, 6) is 0.757. The van der Waals surface area contributed by atoms with E-state index in [1.54, 1.807) is 12.4 Å². The molecular weight excluding hydrogens is 404 g/mol. The van der Waals surface area contributed by atoms with Gasteiger partial charge in [0.15, 0.2) is 0 Å². The quantitative estimate of drug-likeness (QED) is 0.528. The standard InChI is InChI=1S/C23H26N8O/c1-3-4-20(32)30-9-7-16(8-10-30)31-22-19(28-29-31)13-25-18-6-5-17(27-21(18)22)15-11-14(2)23(24)26-12-15/h5-6,11-13,16H,3-4,7-10H2,1-2H3,(H2,24,26). The minimum absolute atomic E-state index is 0.169. The lowest BCUT2D eigenvalue weighted by Gasteiger charge is -2.32. The first kappa shape index (κ1) is 20.3. The number of carbonyl (C=O) groups excluding carboxylic acids is 1. The third kappa shape index (κ3) is 3.53. The minimum atomic E-state index is 0.169. The Morgan fingerprint density at radius 3 is 2.72 bits per heavy atom. The van der Waals surface area contributed by atoms with Gasteiger partial charge in [-0.25, -0.2) is 14.6 Å². The van der Waals surface area contributed by atoms with Crippen LogP contribution in [0, 0.1) is 6.92 Å². The summed E-state index contributed by atoms with van der Waals surface area (Å²) in [6.45, 7) is 5.45. The maximum Gasteiger partial charge on any atom is 0.222 e. The van der Waals surface area contributed by atoms with Crippen molar-refractivity contribution in [2.45, 2.75) is 45.6 Å². The molecule has 0 aromatic carbocycles. The van der Waals surface area contributed by atoms with Crippen LogP contribution in [0.25, 0.3) is 33.3 Å².